The van der Waals surface area contributed by atoms with Gasteiger partial charge in [0.2, 0.25) is 5.91 Å². The summed E-state index contributed by atoms with van der Waals surface area (Å²) in [6, 6.07) is 9.74. The van der Waals surface area contributed by atoms with Gasteiger partial charge in [-0.05, 0) is 31.5 Å². The lowest BCUT2D eigenvalue weighted by Gasteiger charge is -2.18. The second-order valence-electron chi connectivity index (χ2n) is 5.31. The minimum absolute atomic E-state index is 0.141. The zero-order valence-corrected chi connectivity index (χ0v) is 14.2. The Morgan fingerprint density at radius 3 is 2.91 bits per heavy atom. The van der Waals surface area contributed by atoms with Gasteiger partial charge in [0.1, 0.15) is 16.8 Å². The van der Waals surface area contributed by atoms with Gasteiger partial charge < -0.3 is 10.1 Å². The van der Waals surface area contributed by atoms with E-state index in [4.69, 9.17) is 10.00 Å². The van der Waals surface area contributed by atoms with Crippen LogP contribution in [0.5, 0.6) is 5.75 Å². The van der Waals surface area contributed by atoms with E-state index < -0.39 is 0 Å². The smallest absolute Gasteiger partial charge is 0.239 e. The number of hydrogen-bond acceptors (Lipinski definition) is 5. The Hall–Kier alpha value is -2.36. The molecule has 0 saturated heterocycles. The molecule has 0 fully saturated rings. The number of hydrogen-bond donors (Lipinski definition) is 1. The monoisotopic (exact) mass is 329 g/mol. The fraction of sp³-hybridized carbons (Fsp3) is 0.294. The molecular formula is C17H19N3O2S. The van der Waals surface area contributed by atoms with Crippen molar-refractivity contribution >= 4 is 22.2 Å². The molecule has 1 heterocycles. The number of rotatable bonds is 6. The van der Waals surface area contributed by atoms with Crippen LogP contribution >= 0.6 is 11.3 Å². The number of nitrogens with one attached hydrogen (secondary N) is 1. The highest BCUT2D eigenvalue weighted by molar-refractivity contribution is 7.14. The third-order valence-corrected chi connectivity index (χ3v) is 4.16. The molecule has 1 amide bonds. The van der Waals surface area contributed by atoms with Crippen LogP contribution in [-0.4, -0.2) is 31.5 Å². The van der Waals surface area contributed by atoms with Gasteiger partial charge in [0.05, 0.1) is 19.2 Å². The van der Waals surface area contributed by atoms with E-state index >= 15 is 0 Å². The van der Waals surface area contributed by atoms with Crippen LogP contribution in [0.1, 0.15) is 16.7 Å². The van der Waals surface area contributed by atoms with Crippen LogP contribution in [0.2, 0.25) is 0 Å². The molecule has 1 aromatic carbocycles. The average molecular weight is 329 g/mol. The van der Waals surface area contributed by atoms with Crippen molar-refractivity contribution in [3.63, 3.8) is 0 Å². The zero-order valence-electron chi connectivity index (χ0n) is 13.4. The van der Waals surface area contributed by atoms with Gasteiger partial charge in [0.25, 0.3) is 0 Å². The first kappa shape index (κ1) is 17.0. The van der Waals surface area contributed by atoms with E-state index in [1.165, 1.54) is 11.3 Å². The van der Waals surface area contributed by atoms with Crippen LogP contribution in [0.4, 0.5) is 5.00 Å². The highest BCUT2D eigenvalue weighted by Gasteiger charge is 2.12. The number of aryl methyl sites for hydroxylation is 1. The maximum Gasteiger partial charge on any atom is 0.239 e. The van der Waals surface area contributed by atoms with Crippen molar-refractivity contribution < 1.29 is 9.53 Å². The second-order valence-corrected chi connectivity index (χ2v) is 6.23. The number of carbonyl (C=O) groups excluding carboxylic acids is 1. The molecule has 6 heteroatoms. The Labute approximate surface area is 140 Å². The van der Waals surface area contributed by atoms with Gasteiger partial charge in [0.15, 0.2) is 0 Å². The van der Waals surface area contributed by atoms with Gasteiger partial charge in [-0.25, -0.2) is 0 Å². The van der Waals surface area contributed by atoms with E-state index in [0.717, 1.165) is 16.9 Å². The SMILES string of the molecule is COc1ccc(C)cc1CN(C)CC(=O)Nc1sccc1C#N. The third kappa shape index (κ3) is 4.55. The lowest BCUT2D eigenvalue weighted by molar-refractivity contribution is -0.117. The standard InChI is InChI=1S/C17H19N3O2S/c1-12-4-5-15(22-3)14(8-12)10-20(2)11-16(21)19-17-13(9-18)6-7-23-17/h4-8H,10-11H2,1-3H3,(H,19,21). The highest BCUT2D eigenvalue weighted by atomic mass is 32.1. The van der Waals surface area contributed by atoms with E-state index in [1.54, 1.807) is 18.6 Å². The largest absolute Gasteiger partial charge is 0.496 e. The summed E-state index contributed by atoms with van der Waals surface area (Å²) in [4.78, 5) is 14.0. The predicted octanol–water partition coefficient (Wildman–Crippen LogP) is 3.01. The first-order valence-electron chi connectivity index (χ1n) is 7.13. The summed E-state index contributed by atoms with van der Waals surface area (Å²) >= 11 is 1.35. The van der Waals surface area contributed by atoms with Gasteiger partial charge in [-0.1, -0.05) is 17.7 Å². The summed E-state index contributed by atoms with van der Waals surface area (Å²) in [7, 11) is 3.52. The van der Waals surface area contributed by atoms with Gasteiger partial charge >= 0.3 is 0 Å². The quantitative estimate of drug-likeness (QED) is 0.885. The Bertz CT molecular complexity index is 734. The van der Waals surface area contributed by atoms with Gasteiger partial charge in [-0.3, -0.25) is 9.69 Å². The average Bonchev–Trinajstić information content (AvgIpc) is 2.94. The lowest BCUT2D eigenvalue weighted by Crippen LogP contribution is -2.29. The minimum atomic E-state index is -0.141. The van der Waals surface area contributed by atoms with Crippen LogP contribution in [0, 0.1) is 18.3 Å². The molecule has 1 aromatic heterocycles. The molecule has 120 valence electrons. The molecule has 5 nitrogen and oxygen atoms in total. The summed E-state index contributed by atoms with van der Waals surface area (Å²) < 4.78 is 5.36. The van der Waals surface area contributed by atoms with Crippen molar-refractivity contribution in [2.24, 2.45) is 0 Å². The summed E-state index contributed by atoms with van der Waals surface area (Å²) in [5.74, 6) is 0.672. The van der Waals surface area contributed by atoms with Crippen LogP contribution in [0.15, 0.2) is 29.6 Å². The van der Waals surface area contributed by atoms with E-state index in [1.807, 2.05) is 31.0 Å². The van der Waals surface area contributed by atoms with Crippen molar-refractivity contribution in [3.8, 4) is 11.8 Å². The van der Waals surface area contributed by atoms with Crippen LogP contribution in [0.25, 0.3) is 0 Å². The Morgan fingerprint density at radius 2 is 2.22 bits per heavy atom. The highest BCUT2D eigenvalue weighted by Crippen LogP contribution is 2.23. The van der Waals surface area contributed by atoms with Crippen LogP contribution in [0.3, 0.4) is 0 Å². The predicted molar refractivity (Wildman–Crippen MR) is 91.7 cm³/mol. The van der Waals surface area contributed by atoms with Gasteiger partial charge in [0, 0.05) is 12.1 Å². The molecule has 0 aliphatic heterocycles. The van der Waals surface area contributed by atoms with E-state index in [2.05, 4.69) is 17.5 Å². The van der Waals surface area contributed by atoms with Crippen LogP contribution in [-0.2, 0) is 11.3 Å². The first-order chi connectivity index (χ1) is 11.0. The molecule has 2 rings (SSSR count). The summed E-state index contributed by atoms with van der Waals surface area (Å²) in [5, 5.41) is 14.1. The van der Waals surface area contributed by atoms with Crippen molar-refractivity contribution in [2.75, 3.05) is 26.0 Å². The van der Waals surface area contributed by atoms with E-state index in [-0.39, 0.29) is 12.5 Å². The van der Waals surface area contributed by atoms with Gasteiger partial charge in [-0.2, -0.15) is 5.26 Å². The number of nitrogens with zero attached hydrogens (tertiary/aromatic N) is 2. The fourth-order valence-electron chi connectivity index (χ4n) is 2.28. The van der Waals surface area contributed by atoms with Crippen molar-refractivity contribution in [1.82, 2.24) is 4.90 Å². The number of likely N-dealkylation sites (N-methyl/N-ethyl adjacent to an activating group) is 1. The Balaban J connectivity index is 1.97. The Morgan fingerprint density at radius 1 is 1.43 bits per heavy atom. The molecule has 0 atom stereocenters. The summed E-state index contributed by atoms with van der Waals surface area (Å²) in [6.07, 6.45) is 0. The first-order valence-corrected chi connectivity index (χ1v) is 8.01. The summed E-state index contributed by atoms with van der Waals surface area (Å²) in [6.45, 7) is 2.86. The number of carbonyl (C=O) groups is 1. The molecule has 0 aliphatic rings. The molecule has 23 heavy (non-hydrogen) atoms. The van der Waals surface area contributed by atoms with E-state index in [0.29, 0.717) is 17.1 Å². The van der Waals surface area contributed by atoms with Crippen LogP contribution < -0.4 is 10.1 Å². The number of nitriles is 1. The second kappa shape index (κ2) is 7.77. The van der Waals surface area contributed by atoms with Crippen molar-refractivity contribution in [1.29, 1.82) is 5.26 Å². The molecular weight excluding hydrogens is 310 g/mol. The van der Waals surface area contributed by atoms with E-state index in [9.17, 15) is 4.79 Å². The topological polar surface area (TPSA) is 65.4 Å². The maximum atomic E-state index is 12.1. The zero-order chi connectivity index (χ0) is 16.8. The number of thiophene rings is 1. The molecule has 0 bridgehead atoms. The third-order valence-electron chi connectivity index (χ3n) is 3.33. The lowest BCUT2D eigenvalue weighted by atomic mass is 10.1. The number of benzene rings is 1. The Kier molecular flexibility index (Phi) is 5.74. The minimum Gasteiger partial charge on any atom is -0.496 e. The molecule has 2 aromatic rings. The maximum absolute atomic E-state index is 12.1. The van der Waals surface area contributed by atoms with Crippen molar-refractivity contribution in [3.05, 3.63) is 46.3 Å². The number of ether oxygens (including phenoxy) is 1. The fourth-order valence-corrected chi connectivity index (χ4v) is 3.04. The van der Waals surface area contributed by atoms with Crippen molar-refractivity contribution in [2.45, 2.75) is 13.5 Å². The molecule has 0 aliphatic carbocycles. The molecule has 0 spiro atoms. The molecule has 0 radical (unpaired) electrons. The number of anilines is 1. The number of amides is 1. The normalized spacial score (nSPS) is 10.4. The number of methoxy groups -OCH3 is 1. The van der Waals surface area contributed by atoms with Gasteiger partial charge in [-0.15, -0.1) is 11.3 Å². The molecule has 1 N–H and O–H groups in total. The molecule has 0 saturated carbocycles. The summed E-state index contributed by atoms with van der Waals surface area (Å²) in [5.41, 5.74) is 2.68. The molecule has 0 unspecified atom stereocenters.